The number of anilines is 1. The van der Waals surface area contributed by atoms with Gasteiger partial charge in [-0.2, -0.15) is 5.10 Å². The first-order valence-electron chi connectivity index (χ1n) is 8.75. The molecule has 0 atom stereocenters. The Hall–Kier alpha value is -2.44. The Labute approximate surface area is 148 Å². The van der Waals surface area contributed by atoms with E-state index < -0.39 is 0 Å². The molecule has 0 saturated carbocycles. The number of aryl methyl sites for hydroxylation is 1. The lowest BCUT2D eigenvalue weighted by Gasteiger charge is -2.28. The van der Waals surface area contributed by atoms with E-state index in [1.54, 1.807) is 4.68 Å². The molecule has 2 aromatic heterocycles. The minimum atomic E-state index is -0.335. The smallest absolute Gasteiger partial charge is 0.228 e. The van der Waals surface area contributed by atoms with Crippen molar-refractivity contribution in [3.8, 4) is 5.82 Å². The number of amides is 1. The van der Waals surface area contributed by atoms with Crippen molar-refractivity contribution in [3.63, 3.8) is 0 Å². The molecule has 0 radical (unpaired) electrons. The molecular formula is C18H26N6O. The van der Waals surface area contributed by atoms with Gasteiger partial charge in [-0.3, -0.25) is 4.79 Å². The average Bonchev–Trinajstić information content (AvgIpc) is 2.87. The highest BCUT2D eigenvalue weighted by Gasteiger charge is 2.28. The maximum absolute atomic E-state index is 12.5. The Kier molecular flexibility index (Phi) is 4.74. The largest absolute Gasteiger partial charge is 0.353 e. The normalized spacial score (nSPS) is 16.0. The minimum Gasteiger partial charge on any atom is -0.353 e. The third-order valence-corrected chi connectivity index (χ3v) is 4.34. The van der Waals surface area contributed by atoms with Crippen LogP contribution in [0.25, 0.3) is 5.82 Å². The first-order valence-corrected chi connectivity index (χ1v) is 8.75. The van der Waals surface area contributed by atoms with Crippen LogP contribution >= 0.6 is 0 Å². The molecule has 0 aromatic carbocycles. The summed E-state index contributed by atoms with van der Waals surface area (Å²) in [4.78, 5) is 16.7. The number of hydrogen-bond acceptors (Lipinski definition) is 5. The van der Waals surface area contributed by atoms with E-state index in [2.05, 4.69) is 20.2 Å². The SMILES string of the molecule is Cc1ccn(-c2ccc(N3CCCN(C(=O)C(C)(C)C)CC3)nn2)n1. The zero-order valence-corrected chi connectivity index (χ0v) is 15.4. The summed E-state index contributed by atoms with van der Waals surface area (Å²) in [6.07, 6.45) is 2.81. The predicted molar refractivity (Wildman–Crippen MR) is 96.8 cm³/mol. The minimum absolute atomic E-state index is 0.213. The molecule has 0 unspecified atom stereocenters. The molecular weight excluding hydrogens is 316 g/mol. The zero-order valence-electron chi connectivity index (χ0n) is 15.4. The number of aromatic nitrogens is 4. The van der Waals surface area contributed by atoms with Gasteiger partial charge in [0.25, 0.3) is 0 Å². The topological polar surface area (TPSA) is 67.2 Å². The van der Waals surface area contributed by atoms with Gasteiger partial charge in [0.2, 0.25) is 5.91 Å². The van der Waals surface area contributed by atoms with E-state index in [1.807, 2.05) is 57.0 Å². The molecule has 3 rings (SSSR count). The van der Waals surface area contributed by atoms with Gasteiger partial charge < -0.3 is 9.80 Å². The van der Waals surface area contributed by atoms with Crippen LogP contribution in [0.1, 0.15) is 32.9 Å². The quantitative estimate of drug-likeness (QED) is 0.836. The molecule has 0 bridgehead atoms. The fourth-order valence-corrected chi connectivity index (χ4v) is 2.98. The third-order valence-electron chi connectivity index (χ3n) is 4.34. The van der Waals surface area contributed by atoms with Gasteiger partial charge in [-0.25, -0.2) is 4.68 Å². The average molecular weight is 342 g/mol. The van der Waals surface area contributed by atoms with E-state index in [0.29, 0.717) is 5.82 Å². The molecule has 2 aromatic rings. The Morgan fingerprint density at radius 3 is 2.32 bits per heavy atom. The Morgan fingerprint density at radius 1 is 1.00 bits per heavy atom. The second-order valence-corrected chi connectivity index (χ2v) is 7.53. The third kappa shape index (κ3) is 3.97. The van der Waals surface area contributed by atoms with Gasteiger partial charge in [-0.15, -0.1) is 10.2 Å². The molecule has 3 heterocycles. The van der Waals surface area contributed by atoms with Crippen LogP contribution in [0.3, 0.4) is 0 Å². The summed E-state index contributed by atoms with van der Waals surface area (Å²) in [6.45, 7) is 11.0. The monoisotopic (exact) mass is 342 g/mol. The molecule has 25 heavy (non-hydrogen) atoms. The predicted octanol–water partition coefficient (Wildman–Crippen LogP) is 2.06. The maximum atomic E-state index is 12.5. The molecule has 7 nitrogen and oxygen atoms in total. The van der Waals surface area contributed by atoms with E-state index in [1.165, 1.54) is 0 Å². The van der Waals surface area contributed by atoms with Gasteiger partial charge in [0, 0.05) is 37.8 Å². The van der Waals surface area contributed by atoms with Gasteiger partial charge in [0.05, 0.1) is 5.69 Å². The summed E-state index contributed by atoms with van der Waals surface area (Å²) < 4.78 is 1.72. The molecule has 1 aliphatic rings. The van der Waals surface area contributed by atoms with E-state index in [-0.39, 0.29) is 11.3 Å². The number of rotatable bonds is 2. The van der Waals surface area contributed by atoms with Gasteiger partial charge in [-0.1, -0.05) is 20.8 Å². The van der Waals surface area contributed by atoms with Crippen LogP contribution < -0.4 is 4.90 Å². The first kappa shape index (κ1) is 17.4. The Balaban J connectivity index is 1.67. The molecule has 0 spiro atoms. The van der Waals surface area contributed by atoms with E-state index in [0.717, 1.165) is 44.1 Å². The van der Waals surface area contributed by atoms with Crippen LogP contribution in [-0.4, -0.2) is 57.0 Å². The highest BCUT2D eigenvalue weighted by atomic mass is 16.2. The van der Waals surface area contributed by atoms with E-state index in [4.69, 9.17) is 0 Å². The fourth-order valence-electron chi connectivity index (χ4n) is 2.98. The summed E-state index contributed by atoms with van der Waals surface area (Å²) >= 11 is 0. The summed E-state index contributed by atoms with van der Waals surface area (Å²) in [5.41, 5.74) is 0.611. The lowest BCUT2D eigenvalue weighted by molar-refractivity contribution is -0.139. The van der Waals surface area contributed by atoms with Crippen molar-refractivity contribution in [2.24, 2.45) is 5.41 Å². The van der Waals surface area contributed by atoms with Crippen LogP contribution in [0.15, 0.2) is 24.4 Å². The lowest BCUT2D eigenvalue weighted by atomic mass is 9.94. The van der Waals surface area contributed by atoms with Crippen molar-refractivity contribution in [2.75, 3.05) is 31.1 Å². The van der Waals surface area contributed by atoms with Crippen molar-refractivity contribution >= 4 is 11.7 Å². The molecule has 1 amide bonds. The molecule has 134 valence electrons. The molecule has 1 fully saturated rings. The van der Waals surface area contributed by atoms with Crippen LogP contribution in [0.4, 0.5) is 5.82 Å². The molecule has 1 saturated heterocycles. The summed E-state index contributed by atoms with van der Waals surface area (Å²) in [5.74, 6) is 1.76. The van der Waals surface area contributed by atoms with Crippen molar-refractivity contribution in [2.45, 2.75) is 34.1 Å². The Morgan fingerprint density at radius 2 is 1.72 bits per heavy atom. The summed E-state index contributed by atoms with van der Waals surface area (Å²) in [6, 6.07) is 5.84. The van der Waals surface area contributed by atoms with Crippen molar-refractivity contribution in [1.29, 1.82) is 0 Å². The van der Waals surface area contributed by atoms with Gasteiger partial charge in [-0.05, 0) is 31.5 Å². The van der Waals surface area contributed by atoms with E-state index >= 15 is 0 Å². The van der Waals surface area contributed by atoms with Crippen molar-refractivity contribution in [3.05, 3.63) is 30.1 Å². The first-order chi connectivity index (χ1) is 11.8. The zero-order chi connectivity index (χ0) is 18.0. The Bertz CT molecular complexity index is 731. The number of carbonyl (C=O) groups excluding carboxylic acids is 1. The van der Waals surface area contributed by atoms with E-state index in [9.17, 15) is 4.79 Å². The van der Waals surface area contributed by atoms with Crippen LogP contribution in [0.5, 0.6) is 0 Å². The van der Waals surface area contributed by atoms with Crippen LogP contribution in [0, 0.1) is 12.3 Å². The van der Waals surface area contributed by atoms with Crippen molar-refractivity contribution < 1.29 is 4.79 Å². The lowest BCUT2D eigenvalue weighted by Crippen LogP contribution is -2.41. The maximum Gasteiger partial charge on any atom is 0.228 e. The number of nitrogens with zero attached hydrogens (tertiary/aromatic N) is 6. The van der Waals surface area contributed by atoms with Crippen LogP contribution in [-0.2, 0) is 4.79 Å². The van der Waals surface area contributed by atoms with Crippen LogP contribution in [0.2, 0.25) is 0 Å². The van der Waals surface area contributed by atoms with Crippen molar-refractivity contribution in [1.82, 2.24) is 24.9 Å². The molecule has 0 aliphatic carbocycles. The van der Waals surface area contributed by atoms with Gasteiger partial charge in [0.15, 0.2) is 11.6 Å². The highest BCUT2D eigenvalue weighted by Crippen LogP contribution is 2.20. The van der Waals surface area contributed by atoms with Gasteiger partial charge >= 0.3 is 0 Å². The number of hydrogen-bond donors (Lipinski definition) is 0. The number of carbonyl (C=O) groups is 1. The standard InChI is InChI=1S/C18H26N6O/c1-14-8-11-24(21-14)16-7-6-15(19-20-16)22-9-5-10-23(13-12-22)17(25)18(2,3)4/h6-8,11H,5,9-10,12-13H2,1-4H3. The van der Waals surface area contributed by atoms with Gasteiger partial charge in [0.1, 0.15) is 0 Å². The fraction of sp³-hybridized carbons (Fsp3) is 0.556. The molecule has 7 heteroatoms. The summed E-state index contributed by atoms with van der Waals surface area (Å²) in [7, 11) is 0. The molecule has 0 N–H and O–H groups in total. The highest BCUT2D eigenvalue weighted by molar-refractivity contribution is 5.81. The summed E-state index contributed by atoms with van der Waals surface area (Å²) in [5, 5.41) is 13.0. The second-order valence-electron chi connectivity index (χ2n) is 7.53. The molecule has 1 aliphatic heterocycles. The second kappa shape index (κ2) is 6.82.